The highest BCUT2D eigenvalue weighted by Crippen LogP contribution is 2.01. The molecule has 1 heterocycles. The molecule has 2 N–H and O–H groups in total. The molecule has 0 saturated carbocycles. The second-order valence-corrected chi connectivity index (χ2v) is 4.65. The Hall–Kier alpha value is -1.52. The van der Waals surface area contributed by atoms with Gasteiger partial charge in [0.15, 0.2) is 5.96 Å². The van der Waals surface area contributed by atoms with E-state index in [0.29, 0.717) is 6.54 Å². The van der Waals surface area contributed by atoms with Gasteiger partial charge in [0.2, 0.25) is 0 Å². The zero-order chi connectivity index (χ0) is 13.2. The Morgan fingerprint density at radius 1 is 1.44 bits per heavy atom. The molecule has 0 fully saturated rings. The number of hydrogen-bond donors (Lipinski definition) is 2. The first-order valence-electron chi connectivity index (χ1n) is 6.63. The summed E-state index contributed by atoms with van der Waals surface area (Å²) >= 11 is 0. The minimum atomic E-state index is 0.538. The van der Waals surface area contributed by atoms with E-state index in [1.807, 2.05) is 6.07 Å². The lowest BCUT2D eigenvalue weighted by Crippen LogP contribution is -2.37. The van der Waals surface area contributed by atoms with E-state index in [-0.39, 0.29) is 0 Å². The number of rotatable bonds is 7. The van der Waals surface area contributed by atoms with Crippen LogP contribution in [0, 0.1) is 5.92 Å². The lowest BCUT2D eigenvalue weighted by atomic mass is 10.1. The Morgan fingerprint density at radius 2 is 2.28 bits per heavy atom. The topological polar surface area (TPSA) is 62.5 Å². The lowest BCUT2D eigenvalue weighted by Gasteiger charge is -2.11. The molecule has 0 unspecified atom stereocenters. The molecule has 0 radical (unpaired) electrons. The molecule has 5 heteroatoms. The van der Waals surface area contributed by atoms with Crippen LogP contribution >= 0.6 is 0 Å². The van der Waals surface area contributed by atoms with Gasteiger partial charge in [0, 0.05) is 19.2 Å². The number of aliphatic imine (C=N–C) groups is 1. The van der Waals surface area contributed by atoms with Gasteiger partial charge in [0.25, 0.3) is 0 Å². The molecule has 0 spiro atoms. The molecule has 0 aliphatic carbocycles. The number of aromatic nitrogens is 1. The Bertz CT molecular complexity index is 333. The van der Waals surface area contributed by atoms with E-state index in [2.05, 4.69) is 41.6 Å². The van der Waals surface area contributed by atoms with E-state index in [4.69, 9.17) is 4.52 Å². The Morgan fingerprint density at radius 3 is 2.89 bits per heavy atom. The molecule has 0 atom stereocenters. The van der Waals surface area contributed by atoms with Gasteiger partial charge in [-0.1, -0.05) is 19.0 Å². The minimum Gasteiger partial charge on any atom is -0.364 e. The van der Waals surface area contributed by atoms with Gasteiger partial charge in [-0.2, -0.15) is 0 Å². The van der Waals surface area contributed by atoms with Crippen molar-refractivity contribution >= 4 is 5.96 Å². The van der Waals surface area contributed by atoms with Crippen LogP contribution < -0.4 is 10.6 Å². The molecule has 0 bridgehead atoms. The molecule has 0 aliphatic rings. The molecule has 0 aromatic carbocycles. The number of guanidine groups is 1. The summed E-state index contributed by atoms with van der Waals surface area (Å²) in [4.78, 5) is 4.44. The van der Waals surface area contributed by atoms with Crippen molar-refractivity contribution in [1.29, 1.82) is 0 Å². The molecular formula is C13H24N4O. The van der Waals surface area contributed by atoms with Crippen LogP contribution in [0.4, 0.5) is 0 Å². The van der Waals surface area contributed by atoms with Crippen molar-refractivity contribution in [2.24, 2.45) is 10.9 Å². The van der Waals surface area contributed by atoms with Crippen LogP contribution in [-0.2, 0) is 6.54 Å². The number of hydrogen-bond acceptors (Lipinski definition) is 3. The van der Waals surface area contributed by atoms with Crippen molar-refractivity contribution < 1.29 is 4.52 Å². The highest BCUT2D eigenvalue weighted by molar-refractivity contribution is 5.79. The molecule has 0 saturated heterocycles. The maximum Gasteiger partial charge on any atom is 0.191 e. The predicted octanol–water partition coefficient (Wildman–Crippen LogP) is 2.17. The Kier molecular flexibility index (Phi) is 6.91. The van der Waals surface area contributed by atoms with Crippen LogP contribution in [0.5, 0.6) is 0 Å². The van der Waals surface area contributed by atoms with E-state index in [1.165, 1.54) is 6.42 Å². The van der Waals surface area contributed by atoms with Crippen LogP contribution in [-0.4, -0.2) is 24.2 Å². The molecule has 0 amide bonds. The van der Waals surface area contributed by atoms with Gasteiger partial charge in [0.05, 0.1) is 6.54 Å². The van der Waals surface area contributed by atoms with E-state index < -0.39 is 0 Å². The Labute approximate surface area is 109 Å². The minimum absolute atomic E-state index is 0.538. The second kappa shape index (κ2) is 8.55. The van der Waals surface area contributed by atoms with Crippen molar-refractivity contribution in [2.75, 3.05) is 13.1 Å². The molecule has 18 heavy (non-hydrogen) atoms. The van der Waals surface area contributed by atoms with Crippen LogP contribution in [0.1, 0.15) is 39.3 Å². The summed E-state index contributed by atoms with van der Waals surface area (Å²) < 4.78 is 4.77. The van der Waals surface area contributed by atoms with Crippen molar-refractivity contribution in [3.63, 3.8) is 0 Å². The largest absolute Gasteiger partial charge is 0.364 e. The van der Waals surface area contributed by atoms with Crippen LogP contribution in [0.2, 0.25) is 0 Å². The normalized spacial score (nSPS) is 11.9. The fraction of sp³-hybridized carbons (Fsp3) is 0.692. The summed E-state index contributed by atoms with van der Waals surface area (Å²) in [6.07, 6.45) is 3.95. The van der Waals surface area contributed by atoms with Crippen molar-refractivity contribution in [3.8, 4) is 0 Å². The molecular weight excluding hydrogens is 228 g/mol. The van der Waals surface area contributed by atoms with Crippen molar-refractivity contribution in [1.82, 2.24) is 15.8 Å². The van der Waals surface area contributed by atoms with Crippen molar-refractivity contribution in [3.05, 3.63) is 18.0 Å². The second-order valence-electron chi connectivity index (χ2n) is 4.65. The predicted molar refractivity (Wildman–Crippen MR) is 73.4 cm³/mol. The van der Waals surface area contributed by atoms with Gasteiger partial charge < -0.3 is 15.2 Å². The first-order chi connectivity index (χ1) is 8.72. The van der Waals surface area contributed by atoms with Gasteiger partial charge in [-0.05, 0) is 25.7 Å². The van der Waals surface area contributed by atoms with Crippen LogP contribution in [0.15, 0.2) is 21.8 Å². The van der Waals surface area contributed by atoms with Gasteiger partial charge >= 0.3 is 0 Å². The zero-order valence-corrected chi connectivity index (χ0v) is 11.6. The van der Waals surface area contributed by atoms with E-state index in [9.17, 15) is 0 Å². The third-order valence-electron chi connectivity index (χ3n) is 2.49. The first-order valence-corrected chi connectivity index (χ1v) is 6.63. The van der Waals surface area contributed by atoms with E-state index >= 15 is 0 Å². The van der Waals surface area contributed by atoms with Gasteiger partial charge in [-0.15, -0.1) is 0 Å². The summed E-state index contributed by atoms with van der Waals surface area (Å²) in [5, 5.41) is 10.4. The lowest BCUT2D eigenvalue weighted by molar-refractivity contribution is 0.412. The quantitative estimate of drug-likeness (QED) is 0.443. The van der Waals surface area contributed by atoms with Gasteiger partial charge in [0.1, 0.15) is 12.0 Å². The van der Waals surface area contributed by atoms with Gasteiger partial charge in [-0.3, -0.25) is 0 Å². The summed E-state index contributed by atoms with van der Waals surface area (Å²) in [5.41, 5.74) is 0.842. The van der Waals surface area contributed by atoms with Gasteiger partial charge in [-0.25, -0.2) is 4.99 Å². The third kappa shape index (κ3) is 6.27. The monoisotopic (exact) mass is 252 g/mol. The summed E-state index contributed by atoms with van der Waals surface area (Å²) in [7, 11) is 0. The SMILES string of the molecule is CCNC(=NCc1ccon1)NCCCC(C)C. The van der Waals surface area contributed by atoms with Crippen LogP contribution in [0.3, 0.4) is 0 Å². The average Bonchev–Trinajstić information content (AvgIpc) is 2.84. The third-order valence-corrected chi connectivity index (χ3v) is 2.49. The number of nitrogens with zero attached hydrogens (tertiary/aromatic N) is 2. The summed E-state index contributed by atoms with van der Waals surface area (Å²) in [5.74, 6) is 1.59. The Balaban J connectivity index is 2.31. The highest BCUT2D eigenvalue weighted by Gasteiger charge is 1.99. The zero-order valence-electron chi connectivity index (χ0n) is 11.6. The maximum absolute atomic E-state index is 4.77. The maximum atomic E-state index is 4.77. The highest BCUT2D eigenvalue weighted by atomic mass is 16.5. The first kappa shape index (κ1) is 14.5. The number of nitrogens with one attached hydrogen (secondary N) is 2. The van der Waals surface area contributed by atoms with E-state index in [0.717, 1.165) is 37.1 Å². The van der Waals surface area contributed by atoms with Crippen molar-refractivity contribution in [2.45, 2.75) is 40.2 Å². The molecule has 1 rings (SSSR count). The fourth-order valence-electron chi connectivity index (χ4n) is 1.54. The summed E-state index contributed by atoms with van der Waals surface area (Å²) in [6.45, 7) is 8.88. The molecule has 5 nitrogen and oxygen atoms in total. The molecule has 102 valence electrons. The van der Waals surface area contributed by atoms with E-state index in [1.54, 1.807) is 6.26 Å². The summed E-state index contributed by atoms with van der Waals surface area (Å²) in [6, 6.07) is 1.83. The standard InChI is InChI=1S/C13H24N4O/c1-4-14-13(15-8-5-6-11(2)3)16-10-12-7-9-18-17-12/h7,9,11H,4-6,8,10H2,1-3H3,(H2,14,15,16). The smallest absolute Gasteiger partial charge is 0.191 e. The van der Waals surface area contributed by atoms with Crippen LogP contribution in [0.25, 0.3) is 0 Å². The molecule has 1 aromatic rings. The fourth-order valence-corrected chi connectivity index (χ4v) is 1.54. The molecule has 0 aliphatic heterocycles. The molecule has 1 aromatic heterocycles. The average molecular weight is 252 g/mol.